The SMILES string of the molecule is CC(=O)O[C@H]1[C@H](OC(C)=O)CSC(Oc2cnccc2Br)[C@@H]1OC(C)=O. The molecule has 0 saturated carbocycles. The third-order valence-corrected chi connectivity index (χ3v) is 5.15. The number of ether oxygens (including phenoxy) is 4. The van der Waals surface area contributed by atoms with Gasteiger partial charge < -0.3 is 18.9 Å². The summed E-state index contributed by atoms with van der Waals surface area (Å²) in [5, 5.41) is 0. The number of pyridine rings is 1. The van der Waals surface area contributed by atoms with Crippen molar-refractivity contribution in [3.05, 3.63) is 22.9 Å². The van der Waals surface area contributed by atoms with Crippen LogP contribution in [0.15, 0.2) is 22.9 Å². The molecule has 2 rings (SSSR count). The highest BCUT2D eigenvalue weighted by molar-refractivity contribution is 9.10. The van der Waals surface area contributed by atoms with E-state index in [4.69, 9.17) is 18.9 Å². The Hall–Kier alpha value is -1.81. The normalized spacial score (nSPS) is 25.1. The number of carbonyl (C=O) groups is 3. The molecule has 142 valence electrons. The molecule has 0 aromatic carbocycles. The molecule has 8 nitrogen and oxygen atoms in total. The molecule has 1 aromatic rings. The van der Waals surface area contributed by atoms with Gasteiger partial charge in [0.15, 0.2) is 29.5 Å². The van der Waals surface area contributed by atoms with Crippen LogP contribution >= 0.6 is 27.7 Å². The molecule has 10 heteroatoms. The van der Waals surface area contributed by atoms with E-state index < -0.39 is 41.7 Å². The molecule has 1 saturated heterocycles. The van der Waals surface area contributed by atoms with Gasteiger partial charge in [0.25, 0.3) is 0 Å². The van der Waals surface area contributed by atoms with Crippen molar-refractivity contribution in [1.82, 2.24) is 4.98 Å². The van der Waals surface area contributed by atoms with Gasteiger partial charge in [0.1, 0.15) is 0 Å². The van der Waals surface area contributed by atoms with Gasteiger partial charge in [-0.05, 0) is 22.0 Å². The van der Waals surface area contributed by atoms with E-state index in [0.717, 1.165) is 0 Å². The lowest BCUT2D eigenvalue weighted by Crippen LogP contribution is -2.55. The summed E-state index contributed by atoms with van der Waals surface area (Å²) in [6.07, 6.45) is 0.387. The van der Waals surface area contributed by atoms with Crippen LogP contribution in [0.2, 0.25) is 0 Å². The highest BCUT2D eigenvalue weighted by Crippen LogP contribution is 2.35. The molecule has 26 heavy (non-hydrogen) atoms. The second kappa shape index (κ2) is 9.22. The fourth-order valence-electron chi connectivity index (χ4n) is 2.38. The largest absolute Gasteiger partial charge is 0.473 e. The van der Waals surface area contributed by atoms with Crippen LogP contribution in [-0.2, 0) is 28.6 Å². The number of aromatic nitrogens is 1. The maximum atomic E-state index is 11.6. The highest BCUT2D eigenvalue weighted by Gasteiger charge is 2.47. The molecule has 1 aliphatic heterocycles. The van der Waals surface area contributed by atoms with Crippen molar-refractivity contribution in [3.63, 3.8) is 0 Å². The lowest BCUT2D eigenvalue weighted by molar-refractivity contribution is -0.186. The maximum Gasteiger partial charge on any atom is 0.303 e. The number of thioether (sulfide) groups is 1. The Labute approximate surface area is 163 Å². The number of halogens is 1. The number of rotatable bonds is 5. The van der Waals surface area contributed by atoms with E-state index in [9.17, 15) is 14.4 Å². The Morgan fingerprint density at radius 2 is 1.69 bits per heavy atom. The number of hydrogen-bond donors (Lipinski definition) is 0. The molecule has 1 fully saturated rings. The van der Waals surface area contributed by atoms with Crippen LogP contribution in [0.4, 0.5) is 0 Å². The summed E-state index contributed by atoms with van der Waals surface area (Å²) < 4.78 is 22.5. The number of esters is 3. The molecule has 2 heterocycles. The van der Waals surface area contributed by atoms with Crippen molar-refractivity contribution in [2.45, 2.75) is 44.5 Å². The van der Waals surface area contributed by atoms with Crippen molar-refractivity contribution in [2.24, 2.45) is 0 Å². The average Bonchev–Trinajstić information content (AvgIpc) is 2.53. The van der Waals surface area contributed by atoms with Crippen molar-refractivity contribution in [2.75, 3.05) is 5.75 Å². The predicted molar refractivity (Wildman–Crippen MR) is 95.5 cm³/mol. The Kier molecular flexibility index (Phi) is 7.27. The van der Waals surface area contributed by atoms with E-state index in [0.29, 0.717) is 16.0 Å². The second-order valence-corrected chi connectivity index (χ2v) is 7.41. The zero-order chi connectivity index (χ0) is 19.3. The van der Waals surface area contributed by atoms with Crippen LogP contribution in [0, 0.1) is 0 Å². The first kappa shape index (κ1) is 20.5. The minimum atomic E-state index is -0.984. The zero-order valence-corrected chi connectivity index (χ0v) is 16.7. The van der Waals surface area contributed by atoms with Gasteiger partial charge in [-0.3, -0.25) is 19.4 Å². The van der Waals surface area contributed by atoms with Crippen molar-refractivity contribution in [3.8, 4) is 5.75 Å². The predicted octanol–water partition coefficient (Wildman–Crippen LogP) is 2.09. The Morgan fingerprint density at radius 1 is 1.08 bits per heavy atom. The molecule has 0 radical (unpaired) electrons. The van der Waals surface area contributed by atoms with Crippen LogP contribution in [0.1, 0.15) is 20.8 Å². The first-order valence-corrected chi connectivity index (χ1v) is 9.51. The van der Waals surface area contributed by atoms with E-state index in [1.165, 1.54) is 38.7 Å². The summed E-state index contributed by atoms with van der Waals surface area (Å²) in [6.45, 7) is 3.72. The van der Waals surface area contributed by atoms with Gasteiger partial charge in [0.05, 0.1) is 10.7 Å². The summed E-state index contributed by atoms with van der Waals surface area (Å²) in [7, 11) is 0. The van der Waals surface area contributed by atoms with Gasteiger partial charge in [0.2, 0.25) is 0 Å². The molecule has 0 amide bonds. The number of carbonyl (C=O) groups excluding carboxylic acids is 3. The minimum Gasteiger partial charge on any atom is -0.473 e. The van der Waals surface area contributed by atoms with E-state index in [1.807, 2.05) is 0 Å². The topological polar surface area (TPSA) is 101 Å². The number of hydrogen-bond acceptors (Lipinski definition) is 9. The third-order valence-electron chi connectivity index (χ3n) is 3.28. The third kappa shape index (κ3) is 5.60. The van der Waals surface area contributed by atoms with Crippen molar-refractivity contribution >= 4 is 45.6 Å². The lowest BCUT2D eigenvalue weighted by atomic mass is 10.1. The summed E-state index contributed by atoms with van der Waals surface area (Å²) in [6, 6.07) is 1.70. The Morgan fingerprint density at radius 3 is 2.27 bits per heavy atom. The van der Waals surface area contributed by atoms with Crippen molar-refractivity contribution in [1.29, 1.82) is 0 Å². The fourth-order valence-corrected chi connectivity index (χ4v) is 3.91. The molecule has 1 aromatic heterocycles. The lowest BCUT2D eigenvalue weighted by Gasteiger charge is -2.39. The highest BCUT2D eigenvalue weighted by atomic mass is 79.9. The summed E-state index contributed by atoms with van der Waals surface area (Å²) in [5.41, 5.74) is -0.685. The van der Waals surface area contributed by atoms with E-state index in [-0.39, 0.29) is 0 Å². The van der Waals surface area contributed by atoms with E-state index in [2.05, 4.69) is 20.9 Å². The number of nitrogens with zero attached hydrogens (tertiary/aromatic N) is 1. The smallest absolute Gasteiger partial charge is 0.303 e. The fraction of sp³-hybridized carbons (Fsp3) is 0.500. The van der Waals surface area contributed by atoms with Crippen LogP contribution in [0.5, 0.6) is 5.75 Å². The monoisotopic (exact) mass is 447 g/mol. The van der Waals surface area contributed by atoms with Gasteiger partial charge in [-0.15, -0.1) is 11.8 Å². The molecule has 0 spiro atoms. The second-order valence-electron chi connectivity index (χ2n) is 5.42. The minimum absolute atomic E-state index is 0.303. The summed E-state index contributed by atoms with van der Waals surface area (Å²) in [4.78, 5) is 38.5. The molecule has 0 N–H and O–H groups in total. The molecular weight excluding hydrogens is 430 g/mol. The summed E-state index contributed by atoms with van der Waals surface area (Å²) >= 11 is 4.64. The molecule has 1 aliphatic rings. The molecule has 1 unspecified atom stereocenters. The van der Waals surface area contributed by atoms with Crippen LogP contribution in [0.3, 0.4) is 0 Å². The first-order valence-electron chi connectivity index (χ1n) is 7.67. The van der Waals surface area contributed by atoms with Gasteiger partial charge in [0, 0.05) is 32.7 Å². The van der Waals surface area contributed by atoms with Gasteiger partial charge in [-0.25, -0.2) is 0 Å². The zero-order valence-electron chi connectivity index (χ0n) is 14.3. The molecular formula is C16H18BrNO7S. The van der Waals surface area contributed by atoms with Crippen LogP contribution in [-0.4, -0.2) is 52.4 Å². The van der Waals surface area contributed by atoms with Crippen molar-refractivity contribution < 1.29 is 33.3 Å². The maximum absolute atomic E-state index is 11.6. The van der Waals surface area contributed by atoms with E-state index in [1.54, 1.807) is 12.3 Å². The van der Waals surface area contributed by atoms with Gasteiger partial charge in [-0.1, -0.05) is 0 Å². The molecule has 4 atom stereocenters. The summed E-state index contributed by atoms with van der Waals surface area (Å²) in [5.74, 6) is -0.941. The van der Waals surface area contributed by atoms with E-state index >= 15 is 0 Å². The van der Waals surface area contributed by atoms with Gasteiger partial charge >= 0.3 is 17.9 Å². The van der Waals surface area contributed by atoms with Gasteiger partial charge in [-0.2, -0.15) is 0 Å². The first-order chi connectivity index (χ1) is 12.3. The Bertz CT molecular complexity index is 686. The molecule has 0 bridgehead atoms. The molecule has 0 aliphatic carbocycles. The standard InChI is InChI=1S/C16H18BrNO7S/c1-8(19)22-13-7-26-16(25-12-6-18-5-4-11(12)17)15(24-10(3)21)14(13)23-9(2)20/h4-6,13-16H,7H2,1-3H3/t13-,14+,15-,16?/m1/s1. The average molecular weight is 448 g/mol. The quantitative estimate of drug-likeness (QED) is 0.495. The van der Waals surface area contributed by atoms with Crippen LogP contribution in [0.25, 0.3) is 0 Å². The Balaban J connectivity index is 2.29. The van der Waals surface area contributed by atoms with Crippen LogP contribution < -0.4 is 4.74 Å².